The molecule has 2 unspecified atom stereocenters. The average molecular weight is 272 g/mol. The summed E-state index contributed by atoms with van der Waals surface area (Å²) in [7, 11) is 0. The van der Waals surface area contributed by atoms with Crippen molar-refractivity contribution >= 4 is 23.3 Å². The van der Waals surface area contributed by atoms with Crippen molar-refractivity contribution in [3.05, 3.63) is 35.8 Å². The van der Waals surface area contributed by atoms with Gasteiger partial charge in [0.15, 0.2) is 0 Å². The quantitative estimate of drug-likeness (QED) is 0.802. The molecule has 0 bridgehead atoms. The van der Waals surface area contributed by atoms with E-state index >= 15 is 0 Å². The molecule has 1 aliphatic carbocycles. The van der Waals surface area contributed by atoms with Gasteiger partial charge in [-0.3, -0.25) is 14.4 Å². The van der Waals surface area contributed by atoms with Crippen LogP contribution in [0.2, 0.25) is 0 Å². The first-order valence-electron chi connectivity index (χ1n) is 6.26. The van der Waals surface area contributed by atoms with Crippen LogP contribution in [0.4, 0.5) is 0 Å². The maximum absolute atomic E-state index is 12.2. The number of allylic oxidation sites excluding steroid dienone is 1. The van der Waals surface area contributed by atoms with Crippen LogP contribution in [0.15, 0.2) is 39.5 Å². The van der Waals surface area contributed by atoms with Gasteiger partial charge in [-0.15, -0.1) is 0 Å². The van der Waals surface area contributed by atoms with Crippen LogP contribution < -0.4 is 5.73 Å². The third-order valence-electron chi connectivity index (χ3n) is 3.63. The molecule has 0 aromatic carbocycles. The van der Waals surface area contributed by atoms with Gasteiger partial charge in [-0.2, -0.15) is 0 Å². The molecule has 2 atom stereocenters. The lowest BCUT2D eigenvalue weighted by molar-refractivity contribution is -0.121. The normalized spacial score (nSPS) is 25.8. The molecular formula is C14H12N2O4. The van der Waals surface area contributed by atoms with Crippen LogP contribution in [-0.4, -0.2) is 23.3 Å². The minimum Gasteiger partial charge on any atom is -0.469 e. The molecule has 0 radical (unpaired) electrons. The summed E-state index contributed by atoms with van der Waals surface area (Å²) in [5.74, 6) is -1.61. The molecule has 1 saturated carbocycles. The first-order valence-corrected chi connectivity index (χ1v) is 6.26. The number of fused-ring (bicyclic) bond motifs is 1. The summed E-state index contributed by atoms with van der Waals surface area (Å²) in [4.78, 5) is 38.9. The van der Waals surface area contributed by atoms with Gasteiger partial charge in [0.25, 0.3) is 11.8 Å². The van der Waals surface area contributed by atoms with Crippen molar-refractivity contribution in [2.75, 3.05) is 0 Å². The Labute approximate surface area is 114 Å². The van der Waals surface area contributed by atoms with Crippen molar-refractivity contribution in [1.82, 2.24) is 0 Å². The van der Waals surface area contributed by atoms with Gasteiger partial charge in [0.2, 0.25) is 0 Å². The van der Waals surface area contributed by atoms with E-state index < -0.39 is 17.7 Å². The monoisotopic (exact) mass is 272 g/mol. The Bertz CT molecular complexity index is 655. The number of ketones is 1. The fourth-order valence-corrected chi connectivity index (χ4v) is 2.65. The van der Waals surface area contributed by atoms with Crippen LogP contribution in [0, 0.1) is 5.92 Å². The Hall–Kier alpha value is -2.50. The number of carbonyl (C=O) groups is 3. The lowest BCUT2D eigenvalue weighted by atomic mass is 9.76. The number of nitrogens with two attached hydrogens (primary N) is 1. The number of furan rings is 1. The van der Waals surface area contributed by atoms with Gasteiger partial charge in [0.1, 0.15) is 17.1 Å². The number of hydrogen-bond donors (Lipinski definition) is 1. The molecule has 2 aliphatic rings. The van der Waals surface area contributed by atoms with Gasteiger partial charge in [-0.25, -0.2) is 4.99 Å². The topological polar surface area (TPSA) is 103 Å². The summed E-state index contributed by atoms with van der Waals surface area (Å²) in [6.45, 7) is 0. The second-order valence-corrected chi connectivity index (χ2v) is 4.92. The van der Waals surface area contributed by atoms with Gasteiger partial charge in [0.05, 0.1) is 12.2 Å². The summed E-state index contributed by atoms with van der Waals surface area (Å²) in [6.07, 6.45) is 3.66. The van der Waals surface area contributed by atoms with Crippen molar-refractivity contribution in [1.29, 1.82) is 0 Å². The van der Waals surface area contributed by atoms with Crippen LogP contribution in [-0.2, 0) is 14.4 Å². The molecular weight excluding hydrogens is 260 g/mol. The van der Waals surface area contributed by atoms with Crippen molar-refractivity contribution in [2.24, 2.45) is 16.6 Å². The lowest BCUT2D eigenvalue weighted by Crippen LogP contribution is -2.36. The number of nitrogens with zero attached hydrogens (tertiary/aromatic N) is 1. The highest BCUT2D eigenvalue weighted by Gasteiger charge is 2.38. The van der Waals surface area contributed by atoms with E-state index in [1.165, 1.54) is 6.08 Å². The average Bonchev–Trinajstić information content (AvgIpc) is 2.91. The van der Waals surface area contributed by atoms with Gasteiger partial charge in [-0.1, -0.05) is 0 Å². The number of amides is 2. The highest BCUT2D eigenvalue weighted by Crippen LogP contribution is 2.35. The summed E-state index contributed by atoms with van der Waals surface area (Å²) in [5, 5.41) is 0. The summed E-state index contributed by atoms with van der Waals surface area (Å²) in [6, 6.07) is 3.55. The van der Waals surface area contributed by atoms with Crippen molar-refractivity contribution < 1.29 is 18.8 Å². The molecule has 1 aromatic heterocycles. The van der Waals surface area contributed by atoms with Crippen LogP contribution >= 0.6 is 0 Å². The van der Waals surface area contributed by atoms with E-state index in [1.54, 1.807) is 18.4 Å². The first-order chi connectivity index (χ1) is 9.56. The number of carbonyl (C=O) groups excluding carboxylic acids is 3. The third-order valence-corrected chi connectivity index (χ3v) is 3.63. The highest BCUT2D eigenvalue weighted by atomic mass is 16.3. The highest BCUT2D eigenvalue weighted by molar-refractivity contribution is 6.26. The molecule has 6 nitrogen and oxygen atoms in total. The zero-order chi connectivity index (χ0) is 14.3. The lowest BCUT2D eigenvalue weighted by Gasteiger charge is -2.28. The molecule has 1 aromatic rings. The minimum absolute atomic E-state index is 0.0809. The van der Waals surface area contributed by atoms with E-state index in [4.69, 9.17) is 10.2 Å². The number of rotatable bonds is 2. The van der Waals surface area contributed by atoms with Gasteiger partial charge >= 0.3 is 0 Å². The Morgan fingerprint density at radius 1 is 1.35 bits per heavy atom. The number of Topliss-reactive ketones (excluding diaryl/α,β-unsaturated/α-hetero) is 1. The van der Waals surface area contributed by atoms with Gasteiger partial charge < -0.3 is 10.2 Å². The molecule has 6 heteroatoms. The molecule has 3 rings (SSSR count). The molecule has 102 valence electrons. The predicted octanol–water partition coefficient (Wildman–Crippen LogP) is 0.735. The van der Waals surface area contributed by atoms with Gasteiger partial charge in [-0.05, 0) is 24.6 Å². The SMILES string of the molecule is NC(=O)C1=CC2C(=O)CC(c3ccco3)CC2=NC1=O. The van der Waals surface area contributed by atoms with E-state index in [1.807, 2.05) is 0 Å². The number of dihydropyridines is 1. The smallest absolute Gasteiger partial charge is 0.282 e. The Kier molecular flexibility index (Phi) is 2.85. The van der Waals surface area contributed by atoms with E-state index in [-0.39, 0.29) is 17.3 Å². The zero-order valence-electron chi connectivity index (χ0n) is 10.5. The van der Waals surface area contributed by atoms with Crippen LogP contribution in [0.3, 0.4) is 0 Å². The summed E-state index contributed by atoms with van der Waals surface area (Å²) < 4.78 is 5.31. The minimum atomic E-state index is -0.848. The molecule has 2 amide bonds. The molecule has 2 heterocycles. The standard InChI is InChI=1S/C14H12N2O4/c15-13(18)9-6-8-10(16-14(9)19)4-7(5-11(8)17)12-2-1-3-20-12/h1-3,6-8H,4-5H2,(H2,15,18). The van der Waals surface area contributed by atoms with Crippen molar-refractivity contribution in [3.8, 4) is 0 Å². The maximum Gasteiger partial charge on any atom is 0.282 e. The Morgan fingerprint density at radius 3 is 2.80 bits per heavy atom. The van der Waals surface area contributed by atoms with E-state index in [2.05, 4.69) is 4.99 Å². The molecule has 1 fully saturated rings. The van der Waals surface area contributed by atoms with E-state index in [9.17, 15) is 14.4 Å². The Morgan fingerprint density at radius 2 is 2.15 bits per heavy atom. The molecule has 2 N–H and O–H groups in total. The van der Waals surface area contributed by atoms with Crippen molar-refractivity contribution in [3.63, 3.8) is 0 Å². The second kappa shape index (κ2) is 4.56. The van der Waals surface area contributed by atoms with Crippen molar-refractivity contribution in [2.45, 2.75) is 18.8 Å². The molecule has 20 heavy (non-hydrogen) atoms. The van der Waals surface area contributed by atoms with Crippen LogP contribution in [0.25, 0.3) is 0 Å². The number of hydrogen-bond acceptors (Lipinski definition) is 4. The van der Waals surface area contributed by atoms with Crippen LogP contribution in [0.5, 0.6) is 0 Å². The predicted molar refractivity (Wildman–Crippen MR) is 68.9 cm³/mol. The molecule has 1 aliphatic heterocycles. The maximum atomic E-state index is 12.2. The van der Waals surface area contributed by atoms with Gasteiger partial charge in [0, 0.05) is 18.1 Å². The largest absolute Gasteiger partial charge is 0.469 e. The second-order valence-electron chi connectivity index (χ2n) is 4.92. The fourth-order valence-electron chi connectivity index (χ4n) is 2.65. The number of aliphatic imine (C=N–C) groups is 1. The fraction of sp³-hybridized carbons (Fsp3) is 0.286. The summed E-state index contributed by atoms with van der Waals surface area (Å²) in [5.41, 5.74) is 5.38. The third kappa shape index (κ3) is 1.99. The first kappa shape index (κ1) is 12.5. The number of primary amides is 1. The summed E-state index contributed by atoms with van der Waals surface area (Å²) >= 11 is 0. The molecule has 0 spiro atoms. The zero-order valence-corrected chi connectivity index (χ0v) is 10.5. The van der Waals surface area contributed by atoms with E-state index in [0.717, 1.165) is 0 Å². The Balaban J connectivity index is 1.91. The van der Waals surface area contributed by atoms with Crippen LogP contribution in [0.1, 0.15) is 24.5 Å². The molecule has 0 saturated heterocycles. The van der Waals surface area contributed by atoms with E-state index in [0.29, 0.717) is 24.3 Å².